The molecule has 0 fully saturated rings. The maximum atomic E-state index is 11.8. The Morgan fingerprint density at radius 1 is 1.00 bits per heavy atom. The quantitative estimate of drug-likeness (QED) is 0.736. The zero-order valence-corrected chi connectivity index (χ0v) is 12.7. The van der Waals surface area contributed by atoms with E-state index in [1.54, 1.807) is 32.7 Å². The van der Waals surface area contributed by atoms with Crippen LogP contribution in [0.4, 0.5) is 0 Å². The van der Waals surface area contributed by atoms with E-state index in [0.717, 1.165) is 11.1 Å². The van der Waals surface area contributed by atoms with Crippen LogP contribution in [0.3, 0.4) is 0 Å². The highest BCUT2D eigenvalue weighted by molar-refractivity contribution is 5.69. The van der Waals surface area contributed by atoms with Crippen molar-refractivity contribution >= 4 is 5.97 Å². The summed E-state index contributed by atoms with van der Waals surface area (Å²) in [6.45, 7) is 0.197. The number of aryl methyl sites for hydroxylation is 1. The highest BCUT2D eigenvalue weighted by Crippen LogP contribution is 2.23. The second-order valence-corrected chi connectivity index (χ2v) is 4.74. The Hall–Kier alpha value is -2.56. The van der Waals surface area contributed by atoms with Crippen molar-refractivity contribution in [1.29, 1.82) is 0 Å². The van der Waals surface area contributed by atoms with Crippen LogP contribution in [0.1, 0.15) is 17.5 Å². The first-order valence-electron chi connectivity index (χ1n) is 6.97. The van der Waals surface area contributed by atoms with E-state index in [9.17, 15) is 4.79 Å². The predicted octanol–water partition coefficient (Wildman–Crippen LogP) is 2.77. The topological polar surface area (TPSA) is 57.7 Å². The highest BCUT2D eigenvalue weighted by Gasteiger charge is 2.07. The molecule has 5 nitrogen and oxygen atoms in total. The molecule has 5 heteroatoms. The second kappa shape index (κ2) is 8.02. The molecular weight excluding hydrogens is 282 g/mol. The number of ether oxygens (including phenoxy) is 3. The highest BCUT2D eigenvalue weighted by atomic mass is 16.5. The molecule has 116 valence electrons. The van der Waals surface area contributed by atoms with Crippen LogP contribution in [0.25, 0.3) is 0 Å². The normalized spacial score (nSPS) is 10.1. The van der Waals surface area contributed by atoms with Crippen molar-refractivity contribution in [2.45, 2.75) is 19.4 Å². The first-order valence-corrected chi connectivity index (χ1v) is 6.97. The molecule has 0 unspecified atom stereocenters. The van der Waals surface area contributed by atoms with Gasteiger partial charge in [0.25, 0.3) is 0 Å². The van der Waals surface area contributed by atoms with E-state index in [4.69, 9.17) is 14.2 Å². The zero-order valence-electron chi connectivity index (χ0n) is 12.7. The van der Waals surface area contributed by atoms with E-state index in [-0.39, 0.29) is 12.6 Å². The van der Waals surface area contributed by atoms with Crippen LogP contribution in [0.5, 0.6) is 11.5 Å². The van der Waals surface area contributed by atoms with Crippen molar-refractivity contribution in [2.75, 3.05) is 14.2 Å². The number of rotatable bonds is 7. The van der Waals surface area contributed by atoms with E-state index in [2.05, 4.69) is 4.98 Å². The number of benzene rings is 1. The molecule has 0 N–H and O–H groups in total. The fourth-order valence-corrected chi connectivity index (χ4v) is 1.98. The fourth-order valence-electron chi connectivity index (χ4n) is 1.98. The van der Waals surface area contributed by atoms with Crippen LogP contribution >= 0.6 is 0 Å². The van der Waals surface area contributed by atoms with Crippen LogP contribution in [0.2, 0.25) is 0 Å². The molecule has 0 aliphatic heterocycles. The van der Waals surface area contributed by atoms with E-state index >= 15 is 0 Å². The number of pyridine rings is 1. The second-order valence-electron chi connectivity index (χ2n) is 4.74. The van der Waals surface area contributed by atoms with E-state index in [1.165, 1.54) is 0 Å². The third kappa shape index (κ3) is 4.77. The third-order valence-corrected chi connectivity index (χ3v) is 3.18. The van der Waals surface area contributed by atoms with Gasteiger partial charge in [-0.15, -0.1) is 0 Å². The number of aromatic nitrogens is 1. The van der Waals surface area contributed by atoms with Gasteiger partial charge >= 0.3 is 5.97 Å². The Morgan fingerprint density at radius 3 is 2.23 bits per heavy atom. The van der Waals surface area contributed by atoms with Gasteiger partial charge in [0.05, 0.1) is 14.2 Å². The molecule has 0 radical (unpaired) electrons. The predicted molar refractivity (Wildman–Crippen MR) is 81.9 cm³/mol. The molecule has 22 heavy (non-hydrogen) atoms. The van der Waals surface area contributed by atoms with Crippen molar-refractivity contribution < 1.29 is 19.0 Å². The van der Waals surface area contributed by atoms with Gasteiger partial charge < -0.3 is 14.2 Å². The lowest BCUT2D eigenvalue weighted by atomic mass is 10.1. The Morgan fingerprint density at radius 2 is 1.64 bits per heavy atom. The summed E-state index contributed by atoms with van der Waals surface area (Å²) in [6, 6.07) is 9.19. The Bertz CT molecular complexity index is 591. The van der Waals surface area contributed by atoms with Gasteiger partial charge in [0.15, 0.2) is 0 Å². The molecule has 1 aromatic carbocycles. The Balaban J connectivity index is 1.85. The van der Waals surface area contributed by atoms with E-state index < -0.39 is 0 Å². The minimum absolute atomic E-state index is 0.197. The van der Waals surface area contributed by atoms with Crippen molar-refractivity contribution in [3.05, 3.63) is 53.9 Å². The molecule has 2 rings (SSSR count). The SMILES string of the molecule is COc1cc(COC(=O)CCc2ccncc2)cc(OC)c1. The number of carbonyl (C=O) groups is 1. The Labute approximate surface area is 129 Å². The van der Waals surface area contributed by atoms with E-state index in [1.807, 2.05) is 24.3 Å². The average Bonchev–Trinajstić information content (AvgIpc) is 2.58. The van der Waals surface area contributed by atoms with Crippen molar-refractivity contribution in [1.82, 2.24) is 4.98 Å². The summed E-state index contributed by atoms with van der Waals surface area (Å²) in [7, 11) is 3.17. The van der Waals surface area contributed by atoms with Crippen molar-refractivity contribution in [3.63, 3.8) is 0 Å². The lowest BCUT2D eigenvalue weighted by Gasteiger charge is -2.09. The number of hydrogen-bond donors (Lipinski definition) is 0. The first-order chi connectivity index (χ1) is 10.7. The molecule has 0 aliphatic rings. The van der Waals surface area contributed by atoms with Crippen molar-refractivity contribution in [3.8, 4) is 11.5 Å². The summed E-state index contributed by atoms with van der Waals surface area (Å²) in [4.78, 5) is 15.7. The minimum atomic E-state index is -0.237. The van der Waals surface area contributed by atoms with Crippen LogP contribution in [-0.4, -0.2) is 25.2 Å². The van der Waals surface area contributed by atoms with Crippen LogP contribution in [-0.2, 0) is 22.6 Å². The lowest BCUT2D eigenvalue weighted by molar-refractivity contribution is -0.144. The van der Waals surface area contributed by atoms with Crippen molar-refractivity contribution in [2.24, 2.45) is 0 Å². The van der Waals surface area contributed by atoms with E-state index in [0.29, 0.717) is 24.3 Å². The smallest absolute Gasteiger partial charge is 0.306 e. The van der Waals surface area contributed by atoms with Crippen LogP contribution in [0.15, 0.2) is 42.7 Å². The number of methoxy groups -OCH3 is 2. The molecule has 2 aromatic rings. The molecule has 0 amide bonds. The third-order valence-electron chi connectivity index (χ3n) is 3.18. The number of nitrogens with zero attached hydrogens (tertiary/aromatic N) is 1. The van der Waals surface area contributed by atoms with Gasteiger partial charge in [0, 0.05) is 24.9 Å². The largest absolute Gasteiger partial charge is 0.497 e. The van der Waals surface area contributed by atoms with Gasteiger partial charge in [-0.05, 0) is 41.8 Å². The average molecular weight is 301 g/mol. The molecule has 0 saturated heterocycles. The lowest BCUT2D eigenvalue weighted by Crippen LogP contribution is -2.06. The molecule has 0 aliphatic carbocycles. The molecule has 1 heterocycles. The number of esters is 1. The molecular formula is C17H19NO4. The molecule has 0 atom stereocenters. The fraction of sp³-hybridized carbons (Fsp3) is 0.294. The van der Waals surface area contributed by atoms with Gasteiger partial charge in [0.2, 0.25) is 0 Å². The summed E-state index contributed by atoms with van der Waals surface area (Å²) in [6.07, 6.45) is 4.40. The number of hydrogen-bond acceptors (Lipinski definition) is 5. The Kier molecular flexibility index (Phi) is 5.77. The minimum Gasteiger partial charge on any atom is -0.497 e. The van der Waals surface area contributed by atoms with Crippen LogP contribution in [0, 0.1) is 0 Å². The maximum absolute atomic E-state index is 11.8. The molecule has 0 bridgehead atoms. The zero-order chi connectivity index (χ0) is 15.8. The number of carbonyl (C=O) groups excluding carboxylic acids is 1. The summed E-state index contributed by atoms with van der Waals surface area (Å²) < 4.78 is 15.6. The maximum Gasteiger partial charge on any atom is 0.306 e. The summed E-state index contributed by atoms with van der Waals surface area (Å²) in [5, 5.41) is 0. The molecule has 0 saturated carbocycles. The van der Waals surface area contributed by atoms with Gasteiger partial charge in [-0.1, -0.05) is 0 Å². The standard InChI is InChI=1S/C17H19NO4/c1-20-15-9-14(10-16(11-15)21-2)12-22-17(19)4-3-13-5-7-18-8-6-13/h5-11H,3-4,12H2,1-2H3. The van der Waals surface area contributed by atoms with Crippen LogP contribution < -0.4 is 9.47 Å². The monoisotopic (exact) mass is 301 g/mol. The first kappa shape index (κ1) is 15.8. The van der Waals surface area contributed by atoms with Gasteiger partial charge in [-0.2, -0.15) is 0 Å². The molecule has 0 spiro atoms. The summed E-state index contributed by atoms with van der Waals surface area (Å²) >= 11 is 0. The van der Waals surface area contributed by atoms with Gasteiger partial charge in [-0.25, -0.2) is 0 Å². The molecule has 1 aromatic heterocycles. The summed E-state index contributed by atoms with van der Waals surface area (Å²) in [5.74, 6) is 1.10. The summed E-state index contributed by atoms with van der Waals surface area (Å²) in [5.41, 5.74) is 1.89. The van der Waals surface area contributed by atoms with Gasteiger partial charge in [0.1, 0.15) is 18.1 Å². The van der Waals surface area contributed by atoms with Gasteiger partial charge in [-0.3, -0.25) is 9.78 Å².